The smallest absolute Gasteiger partial charge is 0.259 e. The number of hydrogen-bond acceptors (Lipinski definition) is 4. The van der Waals surface area contributed by atoms with Crippen LogP contribution in [-0.4, -0.2) is 23.7 Å². The van der Waals surface area contributed by atoms with Crippen LogP contribution < -0.4 is 15.0 Å². The van der Waals surface area contributed by atoms with Crippen molar-refractivity contribution in [2.24, 2.45) is 0 Å². The van der Waals surface area contributed by atoms with E-state index in [1.165, 1.54) is 0 Å². The van der Waals surface area contributed by atoms with Crippen molar-refractivity contribution in [1.82, 2.24) is 9.97 Å². The Morgan fingerprint density at radius 3 is 2.78 bits per heavy atom. The molecule has 0 aliphatic carbocycles. The van der Waals surface area contributed by atoms with Crippen molar-refractivity contribution >= 4 is 45.2 Å². The van der Waals surface area contributed by atoms with E-state index < -0.39 is 0 Å². The summed E-state index contributed by atoms with van der Waals surface area (Å²) < 4.78 is 11.0. The van der Waals surface area contributed by atoms with E-state index in [0.29, 0.717) is 39.1 Å². The van der Waals surface area contributed by atoms with Crippen molar-refractivity contribution in [2.75, 3.05) is 13.7 Å². The second-order valence-electron chi connectivity index (χ2n) is 5.83. The van der Waals surface area contributed by atoms with Crippen LogP contribution in [0.5, 0.6) is 11.5 Å². The molecule has 0 saturated heterocycles. The van der Waals surface area contributed by atoms with Gasteiger partial charge in [-0.3, -0.25) is 4.79 Å². The SMILES string of the molecule is CCCOc1ccc(/C=C(\Cl)c2nc3ccc(Cl)cc3c(=O)[nH]2)cc1OC. The molecule has 0 radical (unpaired) electrons. The highest BCUT2D eigenvalue weighted by molar-refractivity contribution is 6.50. The molecule has 0 unspecified atom stereocenters. The summed E-state index contributed by atoms with van der Waals surface area (Å²) in [7, 11) is 1.58. The molecule has 1 heterocycles. The maximum absolute atomic E-state index is 12.3. The molecule has 0 spiro atoms. The molecule has 140 valence electrons. The van der Waals surface area contributed by atoms with Crippen LogP contribution in [0.4, 0.5) is 0 Å². The zero-order chi connectivity index (χ0) is 19.4. The maximum atomic E-state index is 12.3. The van der Waals surface area contributed by atoms with Crippen LogP contribution in [0.25, 0.3) is 22.0 Å². The normalized spacial score (nSPS) is 11.6. The molecule has 3 rings (SSSR count). The van der Waals surface area contributed by atoms with E-state index in [2.05, 4.69) is 9.97 Å². The summed E-state index contributed by atoms with van der Waals surface area (Å²) >= 11 is 12.3. The van der Waals surface area contributed by atoms with Crippen molar-refractivity contribution in [2.45, 2.75) is 13.3 Å². The average molecular weight is 405 g/mol. The number of rotatable bonds is 6. The molecule has 2 aromatic carbocycles. The van der Waals surface area contributed by atoms with Crippen molar-refractivity contribution in [3.05, 3.63) is 63.2 Å². The van der Waals surface area contributed by atoms with Gasteiger partial charge in [0.15, 0.2) is 17.3 Å². The van der Waals surface area contributed by atoms with Crippen LogP contribution in [0.3, 0.4) is 0 Å². The molecule has 1 aromatic heterocycles. The second-order valence-corrected chi connectivity index (χ2v) is 6.67. The average Bonchev–Trinajstić information content (AvgIpc) is 2.67. The fourth-order valence-corrected chi connectivity index (χ4v) is 2.93. The van der Waals surface area contributed by atoms with Crippen molar-refractivity contribution in [1.29, 1.82) is 0 Å². The monoisotopic (exact) mass is 404 g/mol. The van der Waals surface area contributed by atoms with E-state index in [0.717, 1.165) is 12.0 Å². The summed E-state index contributed by atoms with van der Waals surface area (Å²) in [5.74, 6) is 1.56. The Balaban J connectivity index is 1.96. The maximum Gasteiger partial charge on any atom is 0.259 e. The Morgan fingerprint density at radius 1 is 1.22 bits per heavy atom. The second kappa shape index (κ2) is 8.46. The summed E-state index contributed by atoms with van der Waals surface area (Å²) in [6.45, 7) is 2.65. The number of aromatic nitrogens is 2. The third-order valence-corrected chi connectivity index (χ3v) is 4.36. The number of hydrogen-bond donors (Lipinski definition) is 1. The molecule has 0 bridgehead atoms. The predicted octanol–water partition coefficient (Wildman–Crippen LogP) is 5.11. The fraction of sp³-hybridized carbons (Fsp3) is 0.200. The molecule has 0 atom stereocenters. The molecule has 27 heavy (non-hydrogen) atoms. The van der Waals surface area contributed by atoms with E-state index in [-0.39, 0.29) is 11.4 Å². The first-order valence-electron chi connectivity index (χ1n) is 8.39. The lowest BCUT2D eigenvalue weighted by Gasteiger charge is -2.10. The number of nitrogens with one attached hydrogen (secondary N) is 1. The van der Waals surface area contributed by atoms with Gasteiger partial charge in [-0.15, -0.1) is 0 Å². The third kappa shape index (κ3) is 4.43. The standard InChI is InChI=1S/C20H18Cl2N2O3/c1-3-8-27-17-7-4-12(10-18(17)26-2)9-15(22)19-23-16-6-5-13(21)11-14(16)20(25)24-19/h4-7,9-11H,3,8H2,1-2H3,(H,23,24,25)/b15-9-. The van der Waals surface area contributed by atoms with Gasteiger partial charge in [-0.25, -0.2) is 4.98 Å². The molecule has 5 nitrogen and oxygen atoms in total. The van der Waals surface area contributed by atoms with Crippen molar-refractivity contribution in [3.8, 4) is 11.5 Å². The fourth-order valence-electron chi connectivity index (χ4n) is 2.54. The molecular formula is C20H18Cl2N2O3. The van der Waals surface area contributed by atoms with Gasteiger partial charge >= 0.3 is 0 Å². The van der Waals surface area contributed by atoms with Gasteiger partial charge in [0.05, 0.1) is 29.7 Å². The summed E-state index contributed by atoms with van der Waals surface area (Å²) in [5, 5.41) is 1.18. The molecule has 0 saturated carbocycles. The third-order valence-electron chi connectivity index (χ3n) is 3.84. The van der Waals surface area contributed by atoms with Crippen molar-refractivity contribution in [3.63, 3.8) is 0 Å². The first kappa shape index (κ1) is 19.3. The van der Waals surface area contributed by atoms with E-state index in [1.54, 1.807) is 31.4 Å². The highest BCUT2D eigenvalue weighted by Gasteiger charge is 2.09. The zero-order valence-corrected chi connectivity index (χ0v) is 16.4. The lowest BCUT2D eigenvalue weighted by atomic mass is 10.2. The number of benzene rings is 2. The van der Waals surface area contributed by atoms with Gasteiger partial charge < -0.3 is 14.5 Å². The van der Waals surface area contributed by atoms with E-state index in [4.69, 9.17) is 32.7 Å². The Kier molecular flexibility index (Phi) is 6.04. The Labute approximate surface area is 166 Å². The van der Waals surface area contributed by atoms with Crippen LogP contribution in [0, 0.1) is 0 Å². The van der Waals surface area contributed by atoms with Gasteiger partial charge in [-0.05, 0) is 48.4 Å². The van der Waals surface area contributed by atoms with Gasteiger partial charge in [0.25, 0.3) is 5.56 Å². The molecule has 7 heteroatoms. The summed E-state index contributed by atoms with van der Waals surface area (Å²) in [6.07, 6.45) is 2.61. The Morgan fingerprint density at radius 2 is 2.04 bits per heavy atom. The van der Waals surface area contributed by atoms with Gasteiger partial charge in [-0.1, -0.05) is 36.2 Å². The highest BCUT2D eigenvalue weighted by Crippen LogP contribution is 2.30. The van der Waals surface area contributed by atoms with Crippen LogP contribution in [0.2, 0.25) is 5.02 Å². The Hall–Kier alpha value is -2.50. The molecule has 3 aromatic rings. The predicted molar refractivity (Wildman–Crippen MR) is 110 cm³/mol. The number of H-pyrrole nitrogens is 1. The lowest BCUT2D eigenvalue weighted by molar-refractivity contribution is 0.294. The summed E-state index contributed by atoms with van der Waals surface area (Å²) in [5.41, 5.74) is 1.01. The van der Waals surface area contributed by atoms with Gasteiger partial charge in [0, 0.05) is 5.02 Å². The number of aromatic amines is 1. The first-order valence-corrected chi connectivity index (χ1v) is 9.15. The first-order chi connectivity index (χ1) is 13.0. The minimum atomic E-state index is -0.301. The summed E-state index contributed by atoms with van der Waals surface area (Å²) in [4.78, 5) is 19.4. The minimum Gasteiger partial charge on any atom is -0.493 e. The highest BCUT2D eigenvalue weighted by atomic mass is 35.5. The number of nitrogens with zero attached hydrogens (tertiary/aromatic N) is 1. The number of ether oxygens (including phenoxy) is 2. The molecule has 0 aliphatic heterocycles. The molecule has 1 N–H and O–H groups in total. The zero-order valence-electron chi connectivity index (χ0n) is 14.9. The van der Waals surface area contributed by atoms with E-state index >= 15 is 0 Å². The van der Waals surface area contributed by atoms with Crippen LogP contribution >= 0.6 is 23.2 Å². The molecule has 0 amide bonds. The largest absolute Gasteiger partial charge is 0.493 e. The van der Waals surface area contributed by atoms with E-state index in [9.17, 15) is 4.79 Å². The summed E-state index contributed by atoms with van der Waals surface area (Å²) in [6, 6.07) is 10.4. The molecule has 0 aliphatic rings. The van der Waals surface area contributed by atoms with Crippen molar-refractivity contribution < 1.29 is 9.47 Å². The van der Waals surface area contributed by atoms with Crippen LogP contribution in [0.1, 0.15) is 24.7 Å². The Bertz CT molecular complexity index is 1060. The lowest BCUT2D eigenvalue weighted by Crippen LogP contribution is -2.10. The molecular weight excluding hydrogens is 387 g/mol. The minimum absolute atomic E-state index is 0.279. The number of halogens is 2. The van der Waals surface area contributed by atoms with Gasteiger partial charge in [-0.2, -0.15) is 0 Å². The van der Waals surface area contributed by atoms with Gasteiger partial charge in [0.1, 0.15) is 0 Å². The van der Waals surface area contributed by atoms with Gasteiger partial charge in [0.2, 0.25) is 0 Å². The quantitative estimate of drug-likeness (QED) is 0.619. The van der Waals surface area contributed by atoms with E-state index in [1.807, 2.05) is 25.1 Å². The number of fused-ring (bicyclic) bond motifs is 1. The molecule has 0 fully saturated rings. The number of methoxy groups -OCH3 is 1. The topological polar surface area (TPSA) is 64.2 Å². The van der Waals surface area contributed by atoms with Crippen LogP contribution in [0.15, 0.2) is 41.2 Å². The van der Waals surface area contributed by atoms with Crippen LogP contribution in [-0.2, 0) is 0 Å².